The lowest BCUT2D eigenvalue weighted by Crippen LogP contribution is -2.31. The van der Waals surface area contributed by atoms with E-state index in [4.69, 9.17) is 10.5 Å². The summed E-state index contributed by atoms with van der Waals surface area (Å²) in [6.45, 7) is 11.1. The summed E-state index contributed by atoms with van der Waals surface area (Å²) in [6.07, 6.45) is 2.43. The molecule has 112 valence electrons. The Hall–Kier alpha value is -1.02. The lowest BCUT2D eigenvalue weighted by molar-refractivity contribution is 0.399. The van der Waals surface area contributed by atoms with Gasteiger partial charge in [-0.3, -0.25) is 0 Å². The number of ether oxygens (including phenoxy) is 1. The zero-order chi connectivity index (χ0) is 15.1. The highest BCUT2D eigenvalue weighted by molar-refractivity contribution is 5.51. The molecule has 2 N–H and O–H groups in total. The first-order valence-electron chi connectivity index (χ1n) is 7.81. The van der Waals surface area contributed by atoms with Crippen molar-refractivity contribution in [2.45, 2.75) is 70.8 Å². The number of hydrogen-bond donors (Lipinski definition) is 1. The zero-order valence-corrected chi connectivity index (χ0v) is 13.8. The molecular weight excluding hydrogens is 246 g/mol. The first-order chi connectivity index (χ1) is 9.33. The van der Waals surface area contributed by atoms with Crippen LogP contribution >= 0.6 is 0 Å². The first-order valence-corrected chi connectivity index (χ1v) is 7.81. The van der Waals surface area contributed by atoms with Gasteiger partial charge in [-0.1, -0.05) is 39.8 Å². The fraction of sp³-hybridized carbons (Fsp3) is 0.667. The maximum Gasteiger partial charge on any atom is 0.125 e. The fourth-order valence-electron chi connectivity index (χ4n) is 3.20. The average molecular weight is 275 g/mol. The van der Waals surface area contributed by atoms with Crippen LogP contribution in [0.3, 0.4) is 0 Å². The standard InChI is InChI=1S/C18H29NO/c1-11(2)15-9-14(18(7-8-18)13(5)19)10-16(12(3)4)17(15)20-6/h9-13H,7-8,19H2,1-6H3. The summed E-state index contributed by atoms with van der Waals surface area (Å²) in [7, 11) is 1.78. The molecule has 0 spiro atoms. The number of hydrogen-bond acceptors (Lipinski definition) is 2. The quantitative estimate of drug-likeness (QED) is 0.868. The minimum Gasteiger partial charge on any atom is -0.496 e. The van der Waals surface area contributed by atoms with Gasteiger partial charge in [0.15, 0.2) is 0 Å². The van der Waals surface area contributed by atoms with Crippen molar-refractivity contribution in [3.63, 3.8) is 0 Å². The van der Waals surface area contributed by atoms with Crippen LogP contribution < -0.4 is 10.5 Å². The highest BCUT2D eigenvalue weighted by atomic mass is 16.5. The molecule has 2 nitrogen and oxygen atoms in total. The molecule has 1 aromatic carbocycles. The van der Waals surface area contributed by atoms with Crippen molar-refractivity contribution in [3.8, 4) is 5.75 Å². The Labute approximate surface area is 123 Å². The van der Waals surface area contributed by atoms with Gasteiger partial charge in [-0.15, -0.1) is 0 Å². The Morgan fingerprint density at radius 3 is 1.70 bits per heavy atom. The zero-order valence-electron chi connectivity index (χ0n) is 13.8. The van der Waals surface area contributed by atoms with Gasteiger partial charge in [0.25, 0.3) is 0 Å². The third kappa shape index (κ3) is 2.46. The lowest BCUT2D eigenvalue weighted by atomic mass is 9.83. The molecule has 1 saturated carbocycles. The number of methoxy groups -OCH3 is 1. The van der Waals surface area contributed by atoms with Crippen LogP contribution in [0.1, 0.15) is 76.0 Å². The molecular formula is C18H29NO. The molecule has 1 aliphatic carbocycles. The summed E-state index contributed by atoms with van der Waals surface area (Å²) >= 11 is 0. The van der Waals surface area contributed by atoms with Gasteiger partial charge < -0.3 is 10.5 Å². The summed E-state index contributed by atoms with van der Waals surface area (Å²) in [5.41, 5.74) is 10.5. The number of benzene rings is 1. The normalized spacial score (nSPS) is 18.4. The number of nitrogens with two attached hydrogens (primary N) is 1. The van der Waals surface area contributed by atoms with Crippen molar-refractivity contribution in [1.82, 2.24) is 0 Å². The minimum atomic E-state index is 0.208. The molecule has 0 radical (unpaired) electrons. The Morgan fingerprint density at radius 1 is 1.00 bits per heavy atom. The summed E-state index contributed by atoms with van der Waals surface area (Å²) < 4.78 is 5.72. The smallest absolute Gasteiger partial charge is 0.125 e. The molecule has 2 heteroatoms. The number of rotatable bonds is 5. The van der Waals surface area contributed by atoms with Crippen molar-refractivity contribution in [3.05, 3.63) is 28.8 Å². The molecule has 1 aliphatic rings. The second-order valence-electron chi connectivity index (χ2n) is 6.94. The molecule has 20 heavy (non-hydrogen) atoms. The van der Waals surface area contributed by atoms with E-state index in [1.54, 1.807) is 7.11 Å². The largest absolute Gasteiger partial charge is 0.496 e. The van der Waals surface area contributed by atoms with Gasteiger partial charge in [0.2, 0.25) is 0 Å². The first kappa shape index (κ1) is 15.4. The minimum absolute atomic E-state index is 0.208. The molecule has 0 aromatic heterocycles. The summed E-state index contributed by atoms with van der Waals surface area (Å²) in [4.78, 5) is 0. The van der Waals surface area contributed by atoms with Crippen LogP contribution in [0.2, 0.25) is 0 Å². The molecule has 1 unspecified atom stereocenters. The molecule has 2 rings (SSSR count). The van der Waals surface area contributed by atoms with Gasteiger partial charge in [0.05, 0.1) is 7.11 Å². The average Bonchev–Trinajstić information content (AvgIpc) is 3.18. The van der Waals surface area contributed by atoms with Crippen LogP contribution in [0.25, 0.3) is 0 Å². The Bertz CT molecular complexity index is 455. The molecule has 1 fully saturated rings. The molecule has 0 aliphatic heterocycles. The third-order valence-electron chi connectivity index (χ3n) is 4.83. The highest BCUT2D eigenvalue weighted by Gasteiger charge is 2.47. The Kier molecular flexibility index (Phi) is 4.15. The topological polar surface area (TPSA) is 35.2 Å². The van der Waals surface area contributed by atoms with Crippen LogP contribution in [0.5, 0.6) is 5.75 Å². The monoisotopic (exact) mass is 275 g/mol. The molecule has 0 bridgehead atoms. The molecule has 0 saturated heterocycles. The summed E-state index contributed by atoms with van der Waals surface area (Å²) in [6, 6.07) is 4.90. The van der Waals surface area contributed by atoms with Crippen molar-refractivity contribution in [2.24, 2.45) is 5.73 Å². The summed E-state index contributed by atoms with van der Waals surface area (Å²) in [5.74, 6) is 2.00. The third-order valence-corrected chi connectivity index (χ3v) is 4.83. The van der Waals surface area contributed by atoms with Crippen molar-refractivity contribution >= 4 is 0 Å². The van der Waals surface area contributed by atoms with E-state index in [1.807, 2.05) is 0 Å². The van der Waals surface area contributed by atoms with E-state index in [9.17, 15) is 0 Å². The van der Waals surface area contributed by atoms with Crippen LogP contribution in [0.15, 0.2) is 12.1 Å². The lowest BCUT2D eigenvalue weighted by Gasteiger charge is -2.26. The van der Waals surface area contributed by atoms with Crippen molar-refractivity contribution in [2.75, 3.05) is 7.11 Å². The van der Waals surface area contributed by atoms with E-state index in [0.29, 0.717) is 11.8 Å². The van der Waals surface area contributed by atoms with E-state index in [2.05, 4.69) is 46.8 Å². The Morgan fingerprint density at radius 2 is 1.45 bits per heavy atom. The van der Waals surface area contributed by atoms with Gasteiger partial charge >= 0.3 is 0 Å². The van der Waals surface area contributed by atoms with E-state index in [1.165, 1.54) is 29.5 Å². The van der Waals surface area contributed by atoms with Gasteiger partial charge in [0.1, 0.15) is 5.75 Å². The second-order valence-corrected chi connectivity index (χ2v) is 6.94. The second kappa shape index (κ2) is 5.40. The van der Waals surface area contributed by atoms with Gasteiger partial charge in [-0.2, -0.15) is 0 Å². The van der Waals surface area contributed by atoms with E-state index >= 15 is 0 Å². The molecule has 0 amide bonds. The maximum absolute atomic E-state index is 6.26. The summed E-state index contributed by atoms with van der Waals surface area (Å²) in [5, 5.41) is 0. The van der Waals surface area contributed by atoms with Crippen molar-refractivity contribution < 1.29 is 4.74 Å². The van der Waals surface area contributed by atoms with Crippen LogP contribution in [-0.2, 0) is 5.41 Å². The van der Waals surface area contributed by atoms with Crippen LogP contribution in [-0.4, -0.2) is 13.2 Å². The SMILES string of the molecule is COc1c(C(C)C)cc(C2(C(C)N)CC2)cc1C(C)C. The van der Waals surface area contributed by atoms with Gasteiger partial charge in [0, 0.05) is 11.5 Å². The van der Waals surface area contributed by atoms with Gasteiger partial charge in [-0.05, 0) is 48.3 Å². The van der Waals surface area contributed by atoms with Crippen molar-refractivity contribution in [1.29, 1.82) is 0 Å². The van der Waals surface area contributed by atoms with E-state index in [-0.39, 0.29) is 11.5 Å². The van der Waals surface area contributed by atoms with Crippen LogP contribution in [0, 0.1) is 0 Å². The molecule has 0 heterocycles. The van der Waals surface area contributed by atoms with E-state index < -0.39 is 0 Å². The maximum atomic E-state index is 6.26. The van der Waals surface area contributed by atoms with Crippen LogP contribution in [0.4, 0.5) is 0 Å². The molecule has 1 atom stereocenters. The highest BCUT2D eigenvalue weighted by Crippen LogP contribution is 2.52. The predicted octanol–water partition coefficient (Wildman–Crippen LogP) is 4.32. The van der Waals surface area contributed by atoms with E-state index in [0.717, 1.165) is 5.75 Å². The Balaban J connectivity index is 2.61. The molecule has 1 aromatic rings. The fourth-order valence-corrected chi connectivity index (χ4v) is 3.20. The predicted molar refractivity (Wildman–Crippen MR) is 85.7 cm³/mol. The van der Waals surface area contributed by atoms with Gasteiger partial charge in [-0.25, -0.2) is 0 Å².